The Labute approximate surface area is 105 Å². The SMILES string of the molecule is CCc1nc(-c2cn[nH]n2)ncc1CNC1CC1. The van der Waals surface area contributed by atoms with Crippen molar-refractivity contribution in [2.24, 2.45) is 0 Å². The van der Waals surface area contributed by atoms with Crippen LogP contribution < -0.4 is 5.32 Å². The number of hydrogen-bond donors (Lipinski definition) is 2. The highest BCUT2D eigenvalue weighted by Crippen LogP contribution is 2.20. The highest BCUT2D eigenvalue weighted by atomic mass is 15.3. The largest absolute Gasteiger partial charge is 0.310 e. The minimum absolute atomic E-state index is 0.635. The summed E-state index contributed by atoms with van der Waals surface area (Å²) in [6, 6.07) is 0.699. The molecule has 0 spiro atoms. The lowest BCUT2D eigenvalue weighted by molar-refractivity contribution is 0.676. The quantitative estimate of drug-likeness (QED) is 0.822. The van der Waals surface area contributed by atoms with Gasteiger partial charge in [-0.1, -0.05) is 6.92 Å². The summed E-state index contributed by atoms with van der Waals surface area (Å²) in [5, 5.41) is 13.8. The van der Waals surface area contributed by atoms with Crippen molar-refractivity contribution in [1.82, 2.24) is 30.7 Å². The Kier molecular flexibility index (Phi) is 3.02. The fourth-order valence-corrected chi connectivity index (χ4v) is 1.87. The smallest absolute Gasteiger partial charge is 0.181 e. The normalized spacial score (nSPS) is 14.9. The van der Waals surface area contributed by atoms with E-state index < -0.39 is 0 Å². The molecule has 0 atom stereocenters. The Morgan fingerprint density at radius 3 is 2.94 bits per heavy atom. The predicted octanol–water partition coefficient (Wildman–Crippen LogP) is 1.08. The minimum Gasteiger partial charge on any atom is -0.310 e. The molecular formula is C12H16N6. The molecule has 2 aromatic heterocycles. The van der Waals surface area contributed by atoms with Crippen LogP contribution in [0.5, 0.6) is 0 Å². The van der Waals surface area contributed by atoms with Crippen LogP contribution in [0.3, 0.4) is 0 Å². The van der Waals surface area contributed by atoms with E-state index in [1.165, 1.54) is 18.4 Å². The molecule has 0 aliphatic heterocycles. The predicted molar refractivity (Wildman–Crippen MR) is 66.6 cm³/mol. The molecular weight excluding hydrogens is 228 g/mol. The summed E-state index contributed by atoms with van der Waals surface area (Å²) in [6.07, 6.45) is 7.01. The Morgan fingerprint density at radius 1 is 1.39 bits per heavy atom. The number of rotatable bonds is 5. The van der Waals surface area contributed by atoms with Gasteiger partial charge in [-0.2, -0.15) is 15.4 Å². The highest BCUT2D eigenvalue weighted by Gasteiger charge is 2.20. The van der Waals surface area contributed by atoms with Crippen molar-refractivity contribution in [1.29, 1.82) is 0 Å². The summed E-state index contributed by atoms with van der Waals surface area (Å²) in [6.45, 7) is 2.96. The fourth-order valence-electron chi connectivity index (χ4n) is 1.87. The molecule has 2 heterocycles. The highest BCUT2D eigenvalue weighted by molar-refractivity contribution is 5.46. The monoisotopic (exact) mass is 244 g/mol. The van der Waals surface area contributed by atoms with Gasteiger partial charge in [-0.25, -0.2) is 9.97 Å². The van der Waals surface area contributed by atoms with Gasteiger partial charge in [-0.05, 0) is 19.3 Å². The van der Waals surface area contributed by atoms with Crippen molar-refractivity contribution in [2.75, 3.05) is 0 Å². The molecule has 0 bridgehead atoms. The summed E-state index contributed by atoms with van der Waals surface area (Å²) >= 11 is 0. The van der Waals surface area contributed by atoms with Gasteiger partial charge in [0.1, 0.15) is 5.69 Å². The summed E-state index contributed by atoms with van der Waals surface area (Å²) in [7, 11) is 0. The van der Waals surface area contributed by atoms with Crippen molar-refractivity contribution in [3.05, 3.63) is 23.7 Å². The van der Waals surface area contributed by atoms with Crippen LogP contribution in [0.1, 0.15) is 31.0 Å². The van der Waals surface area contributed by atoms with E-state index in [0.29, 0.717) is 17.6 Å². The summed E-state index contributed by atoms with van der Waals surface area (Å²) < 4.78 is 0. The first-order valence-electron chi connectivity index (χ1n) is 6.31. The average molecular weight is 244 g/mol. The van der Waals surface area contributed by atoms with Crippen LogP contribution in [0.4, 0.5) is 0 Å². The maximum absolute atomic E-state index is 4.56. The molecule has 1 aliphatic carbocycles. The van der Waals surface area contributed by atoms with Crippen LogP contribution in [-0.4, -0.2) is 31.4 Å². The molecule has 2 N–H and O–H groups in total. The summed E-state index contributed by atoms with van der Waals surface area (Å²) in [4.78, 5) is 8.91. The van der Waals surface area contributed by atoms with Crippen LogP contribution >= 0.6 is 0 Å². The first kappa shape index (κ1) is 11.3. The van der Waals surface area contributed by atoms with Crippen molar-refractivity contribution in [3.63, 3.8) is 0 Å². The van der Waals surface area contributed by atoms with Gasteiger partial charge in [0.05, 0.1) is 6.20 Å². The number of nitrogens with zero attached hydrogens (tertiary/aromatic N) is 4. The summed E-state index contributed by atoms with van der Waals surface area (Å²) in [5.74, 6) is 0.635. The molecule has 94 valence electrons. The third-order valence-corrected chi connectivity index (χ3v) is 3.09. The first-order valence-corrected chi connectivity index (χ1v) is 6.31. The Hall–Kier alpha value is -1.82. The zero-order valence-corrected chi connectivity index (χ0v) is 10.3. The van der Waals surface area contributed by atoms with E-state index in [1.807, 2.05) is 6.20 Å². The van der Waals surface area contributed by atoms with Gasteiger partial charge in [0.15, 0.2) is 5.82 Å². The Bertz CT molecular complexity index is 517. The van der Waals surface area contributed by atoms with Crippen LogP contribution in [0, 0.1) is 0 Å². The zero-order chi connectivity index (χ0) is 12.4. The molecule has 6 nitrogen and oxygen atoms in total. The topological polar surface area (TPSA) is 79.4 Å². The van der Waals surface area contributed by atoms with Crippen LogP contribution in [0.15, 0.2) is 12.4 Å². The lowest BCUT2D eigenvalue weighted by Crippen LogP contribution is -2.17. The van der Waals surface area contributed by atoms with Gasteiger partial charge in [-0.15, -0.1) is 0 Å². The molecule has 1 saturated carbocycles. The van der Waals surface area contributed by atoms with Crippen molar-refractivity contribution < 1.29 is 0 Å². The van der Waals surface area contributed by atoms with Crippen LogP contribution in [0.25, 0.3) is 11.5 Å². The molecule has 1 fully saturated rings. The van der Waals surface area contributed by atoms with Crippen molar-refractivity contribution in [3.8, 4) is 11.5 Å². The first-order chi connectivity index (χ1) is 8.86. The zero-order valence-electron chi connectivity index (χ0n) is 10.3. The van der Waals surface area contributed by atoms with Crippen LogP contribution in [0.2, 0.25) is 0 Å². The van der Waals surface area contributed by atoms with E-state index in [4.69, 9.17) is 0 Å². The average Bonchev–Trinajstić information content (AvgIpc) is 3.08. The van der Waals surface area contributed by atoms with E-state index in [0.717, 1.165) is 18.7 Å². The summed E-state index contributed by atoms with van der Waals surface area (Å²) in [5.41, 5.74) is 2.94. The molecule has 0 aromatic carbocycles. The van der Waals surface area contributed by atoms with Crippen molar-refractivity contribution >= 4 is 0 Å². The van der Waals surface area contributed by atoms with E-state index in [-0.39, 0.29) is 0 Å². The third kappa shape index (κ3) is 2.38. The number of aromatic amines is 1. The molecule has 0 saturated heterocycles. The maximum atomic E-state index is 4.56. The van der Waals surface area contributed by atoms with Gasteiger partial charge in [0.25, 0.3) is 0 Å². The second-order valence-electron chi connectivity index (χ2n) is 4.53. The fraction of sp³-hybridized carbons (Fsp3) is 0.500. The van der Waals surface area contributed by atoms with Crippen molar-refractivity contribution in [2.45, 2.75) is 38.8 Å². The molecule has 1 aliphatic rings. The van der Waals surface area contributed by atoms with Gasteiger partial charge in [-0.3, -0.25) is 0 Å². The number of aryl methyl sites for hydroxylation is 1. The van der Waals surface area contributed by atoms with Gasteiger partial charge in [0, 0.05) is 30.0 Å². The van der Waals surface area contributed by atoms with Gasteiger partial charge < -0.3 is 5.32 Å². The molecule has 0 radical (unpaired) electrons. The van der Waals surface area contributed by atoms with Gasteiger partial charge >= 0.3 is 0 Å². The molecule has 18 heavy (non-hydrogen) atoms. The molecule has 3 rings (SSSR count). The second kappa shape index (κ2) is 4.81. The van der Waals surface area contributed by atoms with E-state index >= 15 is 0 Å². The number of aromatic nitrogens is 5. The molecule has 0 unspecified atom stereocenters. The molecule has 2 aromatic rings. The molecule has 0 amide bonds. The number of nitrogens with one attached hydrogen (secondary N) is 2. The standard InChI is InChI=1S/C12H16N6/c1-2-10-8(5-13-9-3-4-9)6-14-12(16-10)11-7-15-18-17-11/h6-7,9,13H,2-5H2,1H3,(H,15,17,18). The minimum atomic E-state index is 0.635. The Balaban J connectivity index is 1.82. The lowest BCUT2D eigenvalue weighted by Gasteiger charge is -2.08. The lowest BCUT2D eigenvalue weighted by atomic mass is 10.2. The third-order valence-electron chi connectivity index (χ3n) is 3.09. The Morgan fingerprint density at radius 2 is 2.28 bits per heavy atom. The van der Waals surface area contributed by atoms with Crippen LogP contribution in [-0.2, 0) is 13.0 Å². The molecule has 6 heteroatoms. The van der Waals surface area contributed by atoms with E-state index in [1.54, 1.807) is 6.20 Å². The van der Waals surface area contributed by atoms with Gasteiger partial charge in [0.2, 0.25) is 0 Å². The van der Waals surface area contributed by atoms with E-state index in [2.05, 4.69) is 37.6 Å². The number of hydrogen-bond acceptors (Lipinski definition) is 5. The maximum Gasteiger partial charge on any atom is 0.181 e. The van der Waals surface area contributed by atoms with E-state index in [9.17, 15) is 0 Å². The second-order valence-corrected chi connectivity index (χ2v) is 4.53. The number of H-pyrrole nitrogens is 1.